The van der Waals surface area contributed by atoms with Crippen molar-refractivity contribution in [1.82, 2.24) is 4.57 Å². The zero-order chi connectivity index (χ0) is 16.4. The fourth-order valence-corrected chi connectivity index (χ4v) is 2.36. The molecule has 2 aromatic carbocycles. The molecule has 0 saturated heterocycles. The van der Waals surface area contributed by atoms with Crippen molar-refractivity contribution in [2.45, 2.75) is 26.4 Å². The SMILES string of the molecule is CC(C)(C)OC(=O)n1ccc2ccc(Nc3ccccc3)cc21. The Hall–Kier alpha value is -2.75. The van der Waals surface area contributed by atoms with Crippen molar-refractivity contribution in [2.75, 3.05) is 5.32 Å². The number of carbonyl (C=O) groups excluding carboxylic acids is 1. The summed E-state index contributed by atoms with van der Waals surface area (Å²) in [7, 11) is 0. The number of fused-ring (bicyclic) bond motifs is 1. The molecule has 0 spiro atoms. The molecule has 118 valence electrons. The van der Waals surface area contributed by atoms with E-state index in [1.165, 1.54) is 4.57 Å². The molecule has 1 heterocycles. The number of nitrogens with one attached hydrogen (secondary N) is 1. The van der Waals surface area contributed by atoms with Crippen LogP contribution in [-0.4, -0.2) is 16.3 Å². The minimum Gasteiger partial charge on any atom is -0.443 e. The van der Waals surface area contributed by atoms with Gasteiger partial charge in [0.05, 0.1) is 5.52 Å². The first-order chi connectivity index (χ1) is 10.9. The molecule has 1 aromatic heterocycles. The summed E-state index contributed by atoms with van der Waals surface area (Å²) in [5.74, 6) is 0. The average Bonchev–Trinajstić information content (AvgIpc) is 2.90. The van der Waals surface area contributed by atoms with E-state index in [0.29, 0.717) is 0 Å². The smallest absolute Gasteiger partial charge is 0.418 e. The maximum Gasteiger partial charge on any atom is 0.418 e. The third-order valence-electron chi connectivity index (χ3n) is 3.35. The summed E-state index contributed by atoms with van der Waals surface area (Å²) in [5.41, 5.74) is 2.22. The van der Waals surface area contributed by atoms with Crippen LogP contribution >= 0.6 is 0 Å². The van der Waals surface area contributed by atoms with Gasteiger partial charge in [-0.15, -0.1) is 0 Å². The molecule has 0 aliphatic heterocycles. The van der Waals surface area contributed by atoms with Gasteiger partial charge in [-0.3, -0.25) is 4.57 Å². The van der Waals surface area contributed by atoms with Gasteiger partial charge in [0.25, 0.3) is 0 Å². The Morgan fingerprint density at radius 2 is 1.74 bits per heavy atom. The van der Waals surface area contributed by atoms with Gasteiger partial charge in [0.15, 0.2) is 0 Å². The van der Waals surface area contributed by atoms with Crippen LogP contribution in [0.25, 0.3) is 10.9 Å². The van der Waals surface area contributed by atoms with E-state index in [-0.39, 0.29) is 6.09 Å². The third kappa shape index (κ3) is 3.54. The first-order valence-electron chi connectivity index (χ1n) is 7.59. The van der Waals surface area contributed by atoms with Gasteiger partial charge in [-0.05, 0) is 51.1 Å². The molecule has 0 bridgehead atoms. The second-order valence-electron chi connectivity index (χ2n) is 6.43. The lowest BCUT2D eigenvalue weighted by Gasteiger charge is -2.19. The van der Waals surface area contributed by atoms with Gasteiger partial charge in [-0.25, -0.2) is 4.79 Å². The largest absolute Gasteiger partial charge is 0.443 e. The summed E-state index contributed by atoms with van der Waals surface area (Å²) in [6.45, 7) is 5.58. The summed E-state index contributed by atoms with van der Waals surface area (Å²) < 4.78 is 6.99. The van der Waals surface area contributed by atoms with E-state index >= 15 is 0 Å². The van der Waals surface area contributed by atoms with E-state index in [1.807, 2.05) is 75.4 Å². The zero-order valence-corrected chi connectivity index (χ0v) is 13.5. The molecule has 0 saturated carbocycles. The van der Waals surface area contributed by atoms with Crippen LogP contribution in [0.15, 0.2) is 60.8 Å². The number of hydrogen-bond donors (Lipinski definition) is 1. The summed E-state index contributed by atoms with van der Waals surface area (Å²) in [6.07, 6.45) is 1.37. The third-order valence-corrected chi connectivity index (χ3v) is 3.35. The van der Waals surface area contributed by atoms with E-state index < -0.39 is 5.60 Å². The van der Waals surface area contributed by atoms with E-state index in [4.69, 9.17) is 4.74 Å². The lowest BCUT2D eigenvalue weighted by Crippen LogP contribution is -2.26. The van der Waals surface area contributed by atoms with Crippen LogP contribution in [0.1, 0.15) is 20.8 Å². The number of rotatable bonds is 2. The number of aromatic nitrogens is 1. The number of benzene rings is 2. The average molecular weight is 308 g/mol. The van der Waals surface area contributed by atoms with Crippen molar-refractivity contribution in [3.05, 3.63) is 60.8 Å². The molecular formula is C19H20N2O2. The Morgan fingerprint density at radius 1 is 1.00 bits per heavy atom. The molecule has 0 aliphatic rings. The predicted octanol–water partition coefficient (Wildman–Crippen LogP) is 5.17. The topological polar surface area (TPSA) is 43.3 Å². The molecule has 1 N–H and O–H groups in total. The van der Waals surface area contributed by atoms with Crippen molar-refractivity contribution in [3.63, 3.8) is 0 Å². The van der Waals surface area contributed by atoms with Gasteiger partial charge in [0, 0.05) is 23.0 Å². The number of anilines is 2. The fourth-order valence-electron chi connectivity index (χ4n) is 2.36. The standard InChI is InChI=1S/C19H20N2O2/c1-19(2,3)23-18(22)21-12-11-14-9-10-16(13-17(14)21)20-15-7-5-4-6-8-15/h4-13,20H,1-3H3. The second kappa shape index (κ2) is 5.80. The van der Waals surface area contributed by atoms with Crippen molar-refractivity contribution in [3.8, 4) is 0 Å². The maximum absolute atomic E-state index is 12.3. The van der Waals surface area contributed by atoms with E-state index in [2.05, 4.69) is 5.32 Å². The molecule has 0 fully saturated rings. The van der Waals surface area contributed by atoms with Crippen molar-refractivity contribution >= 4 is 28.4 Å². The number of para-hydroxylation sites is 1. The van der Waals surface area contributed by atoms with E-state index in [1.54, 1.807) is 6.20 Å². The molecule has 4 heteroatoms. The maximum atomic E-state index is 12.3. The highest BCUT2D eigenvalue weighted by atomic mass is 16.6. The van der Waals surface area contributed by atoms with Crippen LogP contribution < -0.4 is 5.32 Å². The molecule has 0 atom stereocenters. The molecule has 0 unspecified atom stereocenters. The van der Waals surface area contributed by atoms with Gasteiger partial charge in [-0.2, -0.15) is 0 Å². The molecule has 4 nitrogen and oxygen atoms in total. The van der Waals surface area contributed by atoms with E-state index in [9.17, 15) is 4.79 Å². The number of ether oxygens (including phenoxy) is 1. The van der Waals surface area contributed by atoms with Crippen molar-refractivity contribution in [2.24, 2.45) is 0 Å². The Labute approximate surface area is 135 Å². The van der Waals surface area contributed by atoms with Crippen molar-refractivity contribution < 1.29 is 9.53 Å². The molecule has 3 rings (SSSR count). The van der Waals surface area contributed by atoms with Crippen LogP contribution in [0.3, 0.4) is 0 Å². The summed E-state index contributed by atoms with van der Waals surface area (Å²) in [6, 6.07) is 17.8. The lowest BCUT2D eigenvalue weighted by atomic mass is 10.2. The van der Waals surface area contributed by atoms with Gasteiger partial charge in [-0.1, -0.05) is 24.3 Å². The minimum atomic E-state index is -0.520. The van der Waals surface area contributed by atoms with Gasteiger partial charge in [0.1, 0.15) is 5.60 Å². The Balaban J connectivity index is 1.92. The summed E-state index contributed by atoms with van der Waals surface area (Å²) in [4.78, 5) is 12.3. The van der Waals surface area contributed by atoms with Crippen LogP contribution in [0.5, 0.6) is 0 Å². The predicted molar refractivity (Wildman–Crippen MR) is 93.3 cm³/mol. The van der Waals surface area contributed by atoms with E-state index in [0.717, 1.165) is 22.3 Å². The van der Waals surface area contributed by atoms with Gasteiger partial charge in [0.2, 0.25) is 0 Å². The lowest BCUT2D eigenvalue weighted by molar-refractivity contribution is 0.0544. The molecule has 3 aromatic rings. The molecule has 0 amide bonds. The quantitative estimate of drug-likeness (QED) is 0.710. The first-order valence-corrected chi connectivity index (χ1v) is 7.59. The molecular weight excluding hydrogens is 288 g/mol. The highest BCUT2D eigenvalue weighted by Gasteiger charge is 2.19. The molecule has 23 heavy (non-hydrogen) atoms. The first kappa shape index (κ1) is 15.2. The number of carbonyl (C=O) groups is 1. The Kier molecular flexibility index (Phi) is 3.82. The Morgan fingerprint density at radius 3 is 2.43 bits per heavy atom. The normalized spacial score (nSPS) is 11.4. The van der Waals surface area contributed by atoms with Gasteiger partial charge < -0.3 is 10.1 Å². The number of nitrogens with zero attached hydrogens (tertiary/aromatic N) is 1. The second-order valence-corrected chi connectivity index (χ2v) is 6.43. The van der Waals surface area contributed by atoms with Crippen LogP contribution in [0.4, 0.5) is 16.2 Å². The summed E-state index contributed by atoms with van der Waals surface area (Å²) >= 11 is 0. The summed E-state index contributed by atoms with van der Waals surface area (Å²) in [5, 5.41) is 4.33. The zero-order valence-electron chi connectivity index (χ0n) is 13.5. The highest BCUT2D eigenvalue weighted by Crippen LogP contribution is 2.24. The van der Waals surface area contributed by atoms with Crippen molar-refractivity contribution in [1.29, 1.82) is 0 Å². The number of hydrogen-bond acceptors (Lipinski definition) is 3. The molecule has 0 aliphatic carbocycles. The van der Waals surface area contributed by atoms with Gasteiger partial charge >= 0.3 is 6.09 Å². The Bertz CT molecular complexity index is 829. The fraction of sp³-hybridized carbons (Fsp3) is 0.211. The molecule has 0 radical (unpaired) electrons. The highest BCUT2D eigenvalue weighted by molar-refractivity contribution is 5.91. The van der Waals surface area contributed by atoms with Crippen LogP contribution in [0, 0.1) is 0 Å². The van der Waals surface area contributed by atoms with Crippen LogP contribution in [0.2, 0.25) is 0 Å². The monoisotopic (exact) mass is 308 g/mol. The van der Waals surface area contributed by atoms with Crippen LogP contribution in [-0.2, 0) is 4.74 Å². The minimum absolute atomic E-state index is 0.371.